The number of nitrogens with zero attached hydrogens (tertiary/aromatic N) is 2. The molecule has 4 atom stereocenters. The van der Waals surface area contributed by atoms with Crippen LogP contribution in [-0.4, -0.2) is 60.8 Å². The van der Waals surface area contributed by atoms with Crippen LogP contribution in [-0.2, 0) is 0 Å². The predicted molar refractivity (Wildman–Crippen MR) is 116 cm³/mol. The summed E-state index contributed by atoms with van der Waals surface area (Å²) in [6.07, 6.45) is 0.806. The molecule has 3 aliphatic rings. The second kappa shape index (κ2) is 7.82. The fraction of sp³-hybridized carbons (Fsp3) is 0.545. The first kappa shape index (κ1) is 21.9. The number of carboxylic acids is 1. The lowest BCUT2D eigenvalue weighted by atomic mass is 10.1. The highest BCUT2D eigenvalue weighted by atomic mass is 19.1. The van der Waals surface area contributed by atoms with Crippen molar-refractivity contribution in [1.29, 1.82) is 0 Å². The number of alkyl halides is 2. The van der Waals surface area contributed by atoms with Gasteiger partial charge < -0.3 is 30.4 Å². The van der Waals surface area contributed by atoms with Gasteiger partial charge in [0.25, 0.3) is 0 Å². The van der Waals surface area contributed by atoms with Crippen molar-refractivity contribution in [2.24, 2.45) is 5.92 Å². The first-order valence-corrected chi connectivity index (χ1v) is 11.0. The van der Waals surface area contributed by atoms with Gasteiger partial charge in [-0.1, -0.05) is 0 Å². The van der Waals surface area contributed by atoms with Crippen molar-refractivity contribution in [2.75, 3.05) is 37.4 Å². The number of nitrogens with one attached hydrogen (secondary N) is 1. The van der Waals surface area contributed by atoms with E-state index in [9.17, 15) is 23.5 Å². The van der Waals surface area contributed by atoms with Gasteiger partial charge in [0.1, 0.15) is 23.6 Å². The Morgan fingerprint density at radius 2 is 2.00 bits per heavy atom. The largest absolute Gasteiger partial charge is 0.492 e. The van der Waals surface area contributed by atoms with Crippen LogP contribution in [0, 0.1) is 11.7 Å². The van der Waals surface area contributed by atoms with Gasteiger partial charge in [-0.15, -0.1) is 0 Å². The van der Waals surface area contributed by atoms with E-state index in [4.69, 9.17) is 10.5 Å². The van der Waals surface area contributed by atoms with Crippen molar-refractivity contribution >= 4 is 28.2 Å². The summed E-state index contributed by atoms with van der Waals surface area (Å²) in [6, 6.07) is -0.334. The molecule has 33 heavy (non-hydrogen) atoms. The zero-order valence-corrected chi connectivity index (χ0v) is 18.0. The Labute approximate surface area is 187 Å². The minimum Gasteiger partial charge on any atom is -0.492 e. The molecule has 8 nitrogen and oxygen atoms in total. The number of rotatable bonds is 7. The van der Waals surface area contributed by atoms with E-state index in [1.165, 1.54) is 16.6 Å². The highest BCUT2D eigenvalue weighted by Crippen LogP contribution is 2.48. The fourth-order valence-corrected chi connectivity index (χ4v) is 4.71. The molecule has 0 spiro atoms. The number of nitrogen functional groups attached to an aromatic ring is 1. The first-order chi connectivity index (χ1) is 15.7. The SMILES string of the molecule is COc1c(N2C[C@H](CNC3CC3)[C@H](F)C2)c(F)c(N)c2c(=O)c(C(=O)O)cn([C@@H]3C[C@@H]3F)c12. The second-order valence-corrected chi connectivity index (χ2v) is 9.10. The second-order valence-electron chi connectivity index (χ2n) is 9.10. The normalized spacial score (nSPS) is 26.7. The monoisotopic (exact) mass is 466 g/mol. The molecule has 0 radical (unpaired) electrons. The molecule has 1 aliphatic heterocycles. The number of hydrogen-bond donors (Lipinski definition) is 3. The Balaban J connectivity index is 1.67. The fourth-order valence-electron chi connectivity index (χ4n) is 4.71. The first-order valence-electron chi connectivity index (χ1n) is 11.0. The number of carbonyl (C=O) groups is 1. The van der Waals surface area contributed by atoms with Crippen LogP contribution in [0.25, 0.3) is 10.9 Å². The molecule has 0 unspecified atom stereocenters. The van der Waals surface area contributed by atoms with Gasteiger partial charge in [-0.25, -0.2) is 18.0 Å². The van der Waals surface area contributed by atoms with Crippen molar-refractivity contribution in [2.45, 2.75) is 43.7 Å². The Kier molecular flexibility index (Phi) is 5.19. The zero-order chi connectivity index (χ0) is 23.6. The van der Waals surface area contributed by atoms with Crippen LogP contribution < -0.4 is 26.1 Å². The van der Waals surface area contributed by atoms with Crippen molar-refractivity contribution in [1.82, 2.24) is 9.88 Å². The van der Waals surface area contributed by atoms with Gasteiger partial charge in [0, 0.05) is 44.2 Å². The molecule has 1 saturated heterocycles. The molecule has 0 bridgehead atoms. The third-order valence-electron chi connectivity index (χ3n) is 6.78. The van der Waals surface area contributed by atoms with Crippen molar-refractivity contribution < 1.29 is 27.8 Å². The Hall–Kier alpha value is -2.95. The summed E-state index contributed by atoms with van der Waals surface area (Å²) in [4.78, 5) is 26.0. The zero-order valence-electron chi connectivity index (χ0n) is 18.0. The Morgan fingerprint density at radius 1 is 1.30 bits per heavy atom. The third-order valence-corrected chi connectivity index (χ3v) is 6.78. The van der Waals surface area contributed by atoms with Crippen molar-refractivity contribution in [3.8, 4) is 5.75 Å². The molecule has 2 heterocycles. The number of anilines is 2. The summed E-state index contributed by atoms with van der Waals surface area (Å²) in [5.41, 5.74) is 3.74. The lowest BCUT2D eigenvalue weighted by Crippen LogP contribution is -2.30. The van der Waals surface area contributed by atoms with Crippen LogP contribution in [0.5, 0.6) is 5.75 Å². The number of pyridine rings is 1. The number of methoxy groups -OCH3 is 1. The number of aromatic nitrogens is 1. The molecule has 2 aliphatic carbocycles. The molecule has 4 N–H and O–H groups in total. The summed E-state index contributed by atoms with van der Waals surface area (Å²) in [6.45, 7) is 0.557. The lowest BCUT2D eigenvalue weighted by Gasteiger charge is -2.25. The lowest BCUT2D eigenvalue weighted by molar-refractivity contribution is 0.0694. The molecule has 11 heteroatoms. The highest BCUT2D eigenvalue weighted by molar-refractivity contribution is 6.03. The van der Waals surface area contributed by atoms with E-state index >= 15 is 4.39 Å². The van der Waals surface area contributed by atoms with Crippen LogP contribution in [0.3, 0.4) is 0 Å². The number of hydrogen-bond acceptors (Lipinski definition) is 6. The molecular formula is C22H25F3N4O4. The summed E-state index contributed by atoms with van der Waals surface area (Å²) in [5.74, 6) is -2.98. The maximum Gasteiger partial charge on any atom is 0.341 e. The van der Waals surface area contributed by atoms with Gasteiger partial charge in [0.05, 0.1) is 29.7 Å². The topological polar surface area (TPSA) is 110 Å². The maximum atomic E-state index is 15.6. The molecule has 2 saturated carbocycles. The summed E-state index contributed by atoms with van der Waals surface area (Å²) in [5, 5.41) is 12.4. The van der Waals surface area contributed by atoms with E-state index in [2.05, 4.69) is 5.32 Å². The van der Waals surface area contributed by atoms with Crippen LogP contribution in [0.2, 0.25) is 0 Å². The van der Waals surface area contributed by atoms with Gasteiger partial charge >= 0.3 is 5.97 Å². The predicted octanol–water partition coefficient (Wildman–Crippen LogP) is 2.24. The molecule has 3 fully saturated rings. The Bertz CT molecular complexity index is 1200. The van der Waals surface area contributed by atoms with Crippen molar-refractivity contribution in [3.63, 3.8) is 0 Å². The summed E-state index contributed by atoms with van der Waals surface area (Å²) < 4.78 is 51.2. The number of halogens is 3. The van der Waals surface area contributed by atoms with E-state index in [1.54, 1.807) is 0 Å². The molecule has 178 valence electrons. The van der Waals surface area contributed by atoms with Crippen LogP contribution in [0.1, 0.15) is 35.7 Å². The summed E-state index contributed by atoms with van der Waals surface area (Å²) in [7, 11) is 1.27. The van der Waals surface area contributed by atoms with Gasteiger partial charge in [0.15, 0.2) is 11.6 Å². The van der Waals surface area contributed by atoms with Crippen molar-refractivity contribution in [3.05, 3.63) is 27.8 Å². The average molecular weight is 466 g/mol. The van der Waals surface area contributed by atoms with Gasteiger partial charge in [-0.2, -0.15) is 0 Å². The van der Waals surface area contributed by atoms with Gasteiger partial charge in [0.2, 0.25) is 5.43 Å². The molecule has 2 aromatic rings. The van der Waals surface area contributed by atoms with Crippen LogP contribution >= 0.6 is 0 Å². The number of fused-ring (bicyclic) bond motifs is 1. The standard InChI is InChI=1S/C22H25F3N4O4/c1-33-21-18-15(20(30)11(22(31)32)7-29(18)14-4-12(14)23)17(26)16(25)19(21)28-6-9(13(24)8-28)5-27-10-2-3-10/h7,9-10,12-14,27H,2-6,8,26H2,1H3,(H,31,32)/t9-,12-,13+,14+/m0/s1. The third kappa shape index (κ3) is 3.58. The van der Waals surface area contributed by atoms with Crippen LogP contribution in [0.15, 0.2) is 11.0 Å². The molecule has 1 aromatic heterocycles. The van der Waals surface area contributed by atoms with E-state index in [0.29, 0.717) is 12.6 Å². The smallest absolute Gasteiger partial charge is 0.341 e. The molecule has 0 amide bonds. The van der Waals surface area contributed by atoms with Gasteiger partial charge in [-0.05, 0) is 12.8 Å². The summed E-state index contributed by atoms with van der Waals surface area (Å²) >= 11 is 0. The average Bonchev–Trinajstić information content (AvgIpc) is 3.69. The quantitative estimate of drug-likeness (QED) is 0.537. The maximum absolute atomic E-state index is 15.6. The van der Waals surface area contributed by atoms with Crippen LogP contribution in [0.4, 0.5) is 24.5 Å². The number of aromatic carboxylic acids is 1. The van der Waals surface area contributed by atoms with E-state index in [-0.39, 0.29) is 47.8 Å². The van der Waals surface area contributed by atoms with E-state index < -0.39 is 46.9 Å². The molecule has 5 rings (SSSR count). The Morgan fingerprint density at radius 3 is 2.58 bits per heavy atom. The van der Waals surface area contributed by atoms with E-state index in [0.717, 1.165) is 19.0 Å². The number of ether oxygens (including phenoxy) is 1. The number of benzene rings is 1. The molecular weight excluding hydrogens is 441 g/mol. The molecule has 1 aromatic carbocycles. The number of nitrogens with two attached hydrogens (primary N) is 1. The number of carboxylic acid groups (broad SMARTS) is 1. The minimum atomic E-state index is -1.53. The van der Waals surface area contributed by atoms with E-state index in [1.807, 2.05) is 0 Å². The minimum absolute atomic E-state index is 0.0153. The van der Waals surface area contributed by atoms with Gasteiger partial charge in [-0.3, -0.25) is 4.79 Å². The highest BCUT2D eigenvalue weighted by Gasteiger charge is 2.43.